The van der Waals surface area contributed by atoms with Crippen LogP contribution < -0.4 is 0 Å². The zero-order chi connectivity index (χ0) is 13.1. The van der Waals surface area contributed by atoms with Crippen molar-refractivity contribution in [3.8, 4) is 0 Å². The van der Waals surface area contributed by atoms with E-state index in [1.54, 1.807) is 0 Å². The van der Waals surface area contributed by atoms with Gasteiger partial charge in [-0.3, -0.25) is 9.59 Å². The van der Waals surface area contributed by atoms with Gasteiger partial charge in [0.1, 0.15) is 0 Å². The molecule has 4 N–H and O–H groups in total. The Kier molecular flexibility index (Phi) is 4.47. The minimum Gasteiger partial charge on any atom is -0.481 e. The van der Waals surface area contributed by atoms with Crippen LogP contribution in [0, 0.1) is 5.41 Å². The molecule has 98 valence electrons. The molecule has 0 aromatic rings. The first-order valence-corrected chi connectivity index (χ1v) is 5.67. The topological polar surface area (TPSA) is 115 Å². The molecule has 17 heavy (non-hydrogen) atoms. The molecular weight excluding hydrogens is 228 g/mol. The third-order valence-electron chi connectivity index (χ3n) is 3.40. The Bertz CT molecular complexity index is 292. The first-order chi connectivity index (χ1) is 7.85. The van der Waals surface area contributed by atoms with Crippen molar-refractivity contribution in [1.82, 2.24) is 0 Å². The van der Waals surface area contributed by atoms with E-state index in [4.69, 9.17) is 5.11 Å². The molecule has 1 saturated carbocycles. The summed E-state index contributed by atoms with van der Waals surface area (Å²) in [6.45, 7) is 0. The van der Waals surface area contributed by atoms with E-state index in [0.717, 1.165) is 0 Å². The summed E-state index contributed by atoms with van der Waals surface area (Å²) in [6.07, 6.45) is -0.838. The van der Waals surface area contributed by atoms with Gasteiger partial charge in [0.2, 0.25) is 0 Å². The van der Waals surface area contributed by atoms with Crippen molar-refractivity contribution in [2.75, 3.05) is 0 Å². The highest BCUT2D eigenvalue weighted by Gasteiger charge is 2.43. The highest BCUT2D eigenvalue weighted by Crippen LogP contribution is 2.41. The Morgan fingerprint density at radius 2 is 1.76 bits per heavy atom. The molecule has 0 aromatic heterocycles. The van der Waals surface area contributed by atoms with Crippen LogP contribution in [0.25, 0.3) is 0 Å². The summed E-state index contributed by atoms with van der Waals surface area (Å²) in [6, 6.07) is 0. The molecule has 6 heteroatoms. The minimum atomic E-state index is -1.15. The van der Waals surface area contributed by atoms with Gasteiger partial charge < -0.3 is 20.4 Å². The quantitative estimate of drug-likeness (QED) is 0.551. The largest absolute Gasteiger partial charge is 0.481 e. The molecule has 1 aliphatic rings. The zero-order valence-electron chi connectivity index (χ0n) is 9.50. The van der Waals surface area contributed by atoms with Crippen molar-refractivity contribution < 1.29 is 30.0 Å². The van der Waals surface area contributed by atoms with Crippen LogP contribution in [0.15, 0.2) is 0 Å². The number of carbonyl (C=O) groups is 2. The lowest BCUT2D eigenvalue weighted by Gasteiger charge is -2.36. The molecule has 6 nitrogen and oxygen atoms in total. The molecule has 1 atom stereocenters. The number of aliphatic hydroxyl groups excluding tert-OH is 2. The van der Waals surface area contributed by atoms with E-state index in [-0.39, 0.29) is 19.3 Å². The normalized spacial score (nSPS) is 30.8. The fourth-order valence-electron chi connectivity index (χ4n) is 2.39. The molecule has 0 amide bonds. The summed E-state index contributed by atoms with van der Waals surface area (Å²) in [5.41, 5.74) is -1.09. The van der Waals surface area contributed by atoms with Crippen LogP contribution in [0.4, 0.5) is 0 Å². The zero-order valence-corrected chi connectivity index (χ0v) is 9.50. The first kappa shape index (κ1) is 13.9. The maximum atomic E-state index is 11.3. The molecule has 1 fully saturated rings. The van der Waals surface area contributed by atoms with E-state index in [1.165, 1.54) is 0 Å². The highest BCUT2D eigenvalue weighted by atomic mass is 16.4. The van der Waals surface area contributed by atoms with Crippen LogP contribution in [0.3, 0.4) is 0 Å². The number of hydrogen-bond acceptors (Lipinski definition) is 4. The van der Waals surface area contributed by atoms with E-state index >= 15 is 0 Å². The van der Waals surface area contributed by atoms with E-state index in [1.807, 2.05) is 0 Å². The minimum absolute atomic E-state index is 0.0681. The third-order valence-corrected chi connectivity index (χ3v) is 3.40. The lowest BCUT2D eigenvalue weighted by atomic mass is 9.69. The third kappa shape index (κ3) is 3.67. The molecule has 0 bridgehead atoms. The van der Waals surface area contributed by atoms with Gasteiger partial charge in [-0.15, -0.1) is 0 Å². The summed E-state index contributed by atoms with van der Waals surface area (Å²) >= 11 is 0. The fraction of sp³-hybridized carbons (Fsp3) is 0.818. The van der Waals surface area contributed by atoms with Gasteiger partial charge in [0.25, 0.3) is 0 Å². The maximum absolute atomic E-state index is 11.3. The molecule has 1 unspecified atom stereocenters. The van der Waals surface area contributed by atoms with Gasteiger partial charge in [-0.1, -0.05) is 0 Å². The Balaban J connectivity index is 2.66. The molecule has 0 aromatic carbocycles. The van der Waals surface area contributed by atoms with Gasteiger partial charge in [-0.2, -0.15) is 0 Å². The average Bonchev–Trinajstić information content (AvgIpc) is 2.20. The van der Waals surface area contributed by atoms with Crippen LogP contribution in [-0.4, -0.2) is 44.6 Å². The smallest absolute Gasteiger partial charge is 0.309 e. The van der Waals surface area contributed by atoms with Crippen molar-refractivity contribution >= 4 is 11.9 Å². The number of carboxylic acid groups (broad SMARTS) is 2. The lowest BCUT2D eigenvalue weighted by Crippen LogP contribution is -2.40. The molecular formula is C11H18O6. The van der Waals surface area contributed by atoms with Gasteiger partial charge in [0.05, 0.1) is 24.0 Å². The SMILES string of the molecule is O=C(O)CC(O)CC1(C(=O)O)CCC(O)CC1. The van der Waals surface area contributed by atoms with E-state index in [0.29, 0.717) is 12.8 Å². The predicted octanol–water partition coefficient (Wildman–Crippen LogP) is 0.218. The molecule has 1 rings (SSSR count). The van der Waals surface area contributed by atoms with Crippen LogP contribution in [-0.2, 0) is 9.59 Å². The van der Waals surface area contributed by atoms with Crippen LogP contribution in [0.2, 0.25) is 0 Å². The molecule has 0 heterocycles. The highest BCUT2D eigenvalue weighted by molar-refractivity contribution is 5.75. The second-order valence-corrected chi connectivity index (χ2v) is 4.77. The molecule has 0 saturated heterocycles. The van der Waals surface area contributed by atoms with Gasteiger partial charge in [0.15, 0.2) is 0 Å². The van der Waals surface area contributed by atoms with Crippen molar-refractivity contribution in [1.29, 1.82) is 0 Å². The number of rotatable bonds is 5. The lowest BCUT2D eigenvalue weighted by molar-refractivity contribution is -0.156. The van der Waals surface area contributed by atoms with Crippen LogP contribution in [0.1, 0.15) is 38.5 Å². The Morgan fingerprint density at radius 1 is 1.24 bits per heavy atom. The van der Waals surface area contributed by atoms with Crippen LogP contribution >= 0.6 is 0 Å². The average molecular weight is 246 g/mol. The first-order valence-electron chi connectivity index (χ1n) is 5.67. The summed E-state index contributed by atoms with van der Waals surface area (Å²) in [7, 11) is 0. The molecule has 0 spiro atoms. The molecule has 1 aliphatic carbocycles. The van der Waals surface area contributed by atoms with Crippen molar-refractivity contribution in [2.45, 2.75) is 50.7 Å². The van der Waals surface area contributed by atoms with Crippen molar-refractivity contribution in [2.24, 2.45) is 5.41 Å². The summed E-state index contributed by atoms with van der Waals surface area (Å²) in [5.74, 6) is -2.16. The number of carboxylic acids is 2. The second-order valence-electron chi connectivity index (χ2n) is 4.77. The number of aliphatic carboxylic acids is 2. The summed E-state index contributed by atoms with van der Waals surface area (Å²) in [5, 5.41) is 36.6. The predicted molar refractivity (Wildman–Crippen MR) is 57.4 cm³/mol. The summed E-state index contributed by atoms with van der Waals surface area (Å²) < 4.78 is 0. The van der Waals surface area contributed by atoms with Gasteiger partial charge in [0, 0.05) is 0 Å². The van der Waals surface area contributed by atoms with Crippen molar-refractivity contribution in [3.63, 3.8) is 0 Å². The van der Waals surface area contributed by atoms with Crippen LogP contribution in [0.5, 0.6) is 0 Å². The summed E-state index contributed by atoms with van der Waals surface area (Å²) in [4.78, 5) is 21.7. The Morgan fingerprint density at radius 3 is 2.18 bits per heavy atom. The monoisotopic (exact) mass is 246 g/mol. The Hall–Kier alpha value is -1.14. The number of hydrogen-bond donors (Lipinski definition) is 4. The molecule has 0 aliphatic heterocycles. The van der Waals surface area contributed by atoms with E-state index < -0.39 is 36.0 Å². The Labute approximate surface area is 98.9 Å². The number of aliphatic hydroxyl groups is 2. The second kappa shape index (κ2) is 5.46. The van der Waals surface area contributed by atoms with Gasteiger partial charge >= 0.3 is 11.9 Å². The molecule has 0 radical (unpaired) electrons. The standard InChI is InChI=1S/C11H18O6/c12-7-1-3-11(4-2-7,10(16)17)6-8(13)5-9(14)15/h7-8,12-13H,1-6H2,(H,14,15)(H,16,17). The van der Waals surface area contributed by atoms with Gasteiger partial charge in [-0.25, -0.2) is 0 Å². The van der Waals surface area contributed by atoms with Crippen molar-refractivity contribution in [3.05, 3.63) is 0 Å². The van der Waals surface area contributed by atoms with Gasteiger partial charge in [-0.05, 0) is 32.1 Å². The van der Waals surface area contributed by atoms with E-state index in [9.17, 15) is 24.9 Å². The fourth-order valence-corrected chi connectivity index (χ4v) is 2.39. The van der Waals surface area contributed by atoms with E-state index in [2.05, 4.69) is 0 Å². The maximum Gasteiger partial charge on any atom is 0.309 e.